The molecule has 0 saturated carbocycles. The second-order valence-corrected chi connectivity index (χ2v) is 9.63. The molecule has 0 heterocycles. The molecule has 2 amide bonds. The highest BCUT2D eigenvalue weighted by Gasteiger charge is 2.24. The minimum absolute atomic E-state index is 0.0547. The van der Waals surface area contributed by atoms with Gasteiger partial charge in [-0.1, -0.05) is 55.4 Å². The van der Waals surface area contributed by atoms with Crippen LogP contribution in [0.1, 0.15) is 67.2 Å². The minimum Gasteiger partial charge on any atom is -0.511 e. The van der Waals surface area contributed by atoms with Gasteiger partial charge in [-0.25, -0.2) is 0 Å². The predicted molar refractivity (Wildman–Crippen MR) is 134 cm³/mol. The van der Waals surface area contributed by atoms with Gasteiger partial charge in [-0.05, 0) is 59.3 Å². The quantitative estimate of drug-likeness (QED) is 0.126. The molecule has 0 spiro atoms. The van der Waals surface area contributed by atoms with Gasteiger partial charge in [0.15, 0.2) is 0 Å². The van der Waals surface area contributed by atoms with Crippen molar-refractivity contribution < 1.29 is 14.7 Å². The number of aliphatic hydroxyl groups excluding tert-OH is 1. The first kappa shape index (κ1) is 29.1. The van der Waals surface area contributed by atoms with Crippen molar-refractivity contribution in [1.29, 1.82) is 0 Å². The second kappa shape index (κ2) is 16.7. The fraction of sp³-hybridized carbons (Fsp3) is 0.600. The predicted octanol–water partition coefficient (Wildman–Crippen LogP) is 5.47. The zero-order valence-electron chi connectivity index (χ0n) is 20.2. The van der Waals surface area contributed by atoms with Crippen LogP contribution in [0.15, 0.2) is 47.3 Å². The van der Waals surface area contributed by atoms with Gasteiger partial charge in [-0.3, -0.25) is 9.59 Å². The summed E-state index contributed by atoms with van der Waals surface area (Å²) in [6.07, 6.45) is 11.6. The Hall–Kier alpha value is -1.95. The largest absolute Gasteiger partial charge is 0.511 e. The van der Waals surface area contributed by atoms with Crippen molar-refractivity contribution >= 4 is 24.1 Å². The maximum absolute atomic E-state index is 12.4. The first-order valence-electron chi connectivity index (χ1n) is 11.0. The van der Waals surface area contributed by atoms with E-state index in [1.54, 1.807) is 11.8 Å². The molecule has 0 aromatic carbocycles. The first-order chi connectivity index (χ1) is 14.6. The van der Waals surface area contributed by atoms with Crippen LogP contribution in [0.4, 0.5) is 0 Å². The van der Waals surface area contributed by atoms with Gasteiger partial charge >= 0.3 is 0 Å². The number of thioether (sulfide) groups is 1. The van der Waals surface area contributed by atoms with Crippen LogP contribution in [0.3, 0.4) is 0 Å². The van der Waals surface area contributed by atoms with Gasteiger partial charge < -0.3 is 15.7 Å². The summed E-state index contributed by atoms with van der Waals surface area (Å²) in [5.41, 5.74) is 4.14. The number of nitrogens with one attached hydrogen (secondary N) is 2. The molecule has 0 saturated heterocycles. The summed E-state index contributed by atoms with van der Waals surface area (Å²) in [7, 11) is 0. The summed E-state index contributed by atoms with van der Waals surface area (Å²) in [6.45, 7) is 15.9. The third-order valence-electron chi connectivity index (χ3n) is 4.87. The van der Waals surface area contributed by atoms with Crippen LogP contribution in [0.25, 0.3) is 0 Å². The van der Waals surface area contributed by atoms with Crippen LogP contribution in [-0.2, 0) is 9.59 Å². The molecule has 0 aromatic rings. The smallest absolute Gasteiger partial charge is 0.243 e. The van der Waals surface area contributed by atoms with Gasteiger partial charge in [0.05, 0.1) is 6.04 Å². The molecule has 0 radical (unpaired) electrons. The van der Waals surface area contributed by atoms with E-state index >= 15 is 0 Å². The number of hydrogen-bond acceptors (Lipinski definition) is 4. The van der Waals surface area contributed by atoms with E-state index in [-0.39, 0.29) is 17.6 Å². The van der Waals surface area contributed by atoms with E-state index in [0.29, 0.717) is 12.2 Å². The van der Waals surface area contributed by atoms with E-state index in [1.807, 2.05) is 13.8 Å². The summed E-state index contributed by atoms with van der Waals surface area (Å²) >= 11 is 1.62. The number of hydrogen-bond donors (Lipinski definition) is 3. The molecule has 176 valence electrons. The number of allylic oxidation sites excluding steroid dienone is 5. The van der Waals surface area contributed by atoms with Crippen molar-refractivity contribution in [3.05, 3.63) is 47.3 Å². The number of carbonyl (C=O) groups excluding carboxylic acids is 2. The Balaban J connectivity index is 4.43. The second-order valence-electron chi connectivity index (χ2n) is 8.56. The lowest BCUT2D eigenvalue weighted by molar-refractivity contribution is -0.126. The fourth-order valence-corrected chi connectivity index (χ4v) is 3.90. The van der Waals surface area contributed by atoms with Gasteiger partial charge in [0, 0.05) is 11.5 Å². The topological polar surface area (TPSA) is 78.4 Å². The highest BCUT2D eigenvalue weighted by molar-refractivity contribution is 7.99. The molecule has 0 rings (SSSR count). The molecule has 6 heteroatoms. The van der Waals surface area contributed by atoms with E-state index in [4.69, 9.17) is 0 Å². The Labute approximate surface area is 193 Å². The summed E-state index contributed by atoms with van der Waals surface area (Å²) in [5.74, 6) is 0.862. The maximum atomic E-state index is 12.4. The van der Waals surface area contributed by atoms with E-state index in [0.717, 1.165) is 31.4 Å². The molecule has 0 fully saturated rings. The zero-order valence-corrected chi connectivity index (χ0v) is 21.0. The van der Waals surface area contributed by atoms with E-state index in [9.17, 15) is 14.7 Å². The van der Waals surface area contributed by atoms with Crippen molar-refractivity contribution in [3.63, 3.8) is 0 Å². The molecule has 0 aliphatic rings. The van der Waals surface area contributed by atoms with Crippen LogP contribution >= 0.6 is 11.8 Å². The van der Waals surface area contributed by atoms with Crippen LogP contribution < -0.4 is 10.6 Å². The van der Waals surface area contributed by atoms with Crippen LogP contribution in [0.2, 0.25) is 0 Å². The van der Waals surface area contributed by atoms with Crippen LogP contribution in [0.5, 0.6) is 0 Å². The Morgan fingerprint density at radius 2 is 1.61 bits per heavy atom. The van der Waals surface area contributed by atoms with Crippen molar-refractivity contribution in [2.45, 2.75) is 79.3 Å². The van der Waals surface area contributed by atoms with Gasteiger partial charge in [0.25, 0.3) is 0 Å². The molecule has 0 bridgehead atoms. The fourth-order valence-electron chi connectivity index (χ4n) is 2.85. The number of aliphatic hydroxyl groups is 1. The lowest BCUT2D eigenvalue weighted by Gasteiger charge is -2.23. The molecule has 31 heavy (non-hydrogen) atoms. The van der Waals surface area contributed by atoms with Gasteiger partial charge in [0.2, 0.25) is 12.3 Å². The summed E-state index contributed by atoms with van der Waals surface area (Å²) in [6, 6.07) is -1.18. The molecule has 0 aliphatic heterocycles. The molecule has 2 atom stereocenters. The minimum atomic E-state index is -0.634. The zero-order chi connectivity index (χ0) is 23.8. The lowest BCUT2D eigenvalue weighted by atomic mass is 10.0. The molecule has 0 aliphatic carbocycles. The Morgan fingerprint density at radius 1 is 1.03 bits per heavy atom. The summed E-state index contributed by atoms with van der Waals surface area (Å²) < 4.78 is 0. The number of amides is 2. The third-order valence-corrected chi connectivity index (χ3v) is 5.84. The maximum Gasteiger partial charge on any atom is 0.243 e. The Morgan fingerprint density at radius 3 is 2.13 bits per heavy atom. The highest BCUT2D eigenvalue weighted by atomic mass is 32.2. The molecular formula is C25H42N2O3S. The normalized spacial score (nSPS) is 14.0. The summed E-state index contributed by atoms with van der Waals surface area (Å²) in [4.78, 5) is 23.1. The molecule has 5 nitrogen and oxygen atoms in total. The average Bonchev–Trinajstić information content (AvgIpc) is 2.67. The SMILES string of the molecule is C=C(O)C(CSC/C=C(\C)CC/C=C(\C)CCC=C(C)C)NC(=O)C(NC=O)C(C)C. The van der Waals surface area contributed by atoms with Crippen molar-refractivity contribution in [2.75, 3.05) is 11.5 Å². The number of rotatable bonds is 16. The monoisotopic (exact) mass is 450 g/mol. The molecule has 3 N–H and O–H groups in total. The molecular weight excluding hydrogens is 408 g/mol. The van der Waals surface area contributed by atoms with Crippen LogP contribution in [0, 0.1) is 5.92 Å². The van der Waals surface area contributed by atoms with Gasteiger partial charge in [0.1, 0.15) is 11.8 Å². The van der Waals surface area contributed by atoms with Crippen molar-refractivity contribution in [3.8, 4) is 0 Å². The first-order valence-corrected chi connectivity index (χ1v) is 12.1. The van der Waals surface area contributed by atoms with E-state index in [2.05, 4.69) is 63.1 Å². The Bertz CT molecular complexity index is 662. The Kier molecular flexibility index (Phi) is 15.7. The standard InChI is InChI=1S/C25H42N2O3S/c1-18(2)10-8-11-20(5)12-9-13-21(6)14-15-31-16-23(22(7)29)27-25(30)24(19(3)4)26-17-28/h10,12,14,17,19,23-24,29H,7-9,11,13,15-16H2,1-6H3,(H,26,28)(H,27,30)/b20-12+,21-14+. The molecule has 2 unspecified atom stereocenters. The van der Waals surface area contributed by atoms with E-state index < -0.39 is 12.1 Å². The number of carbonyl (C=O) groups is 2. The average molecular weight is 451 g/mol. The summed E-state index contributed by atoms with van der Waals surface area (Å²) in [5, 5.41) is 15.1. The van der Waals surface area contributed by atoms with E-state index in [1.165, 1.54) is 16.7 Å². The van der Waals surface area contributed by atoms with Gasteiger partial charge in [-0.2, -0.15) is 11.8 Å². The third kappa shape index (κ3) is 14.6. The van der Waals surface area contributed by atoms with Gasteiger partial charge in [-0.15, -0.1) is 0 Å². The highest BCUT2D eigenvalue weighted by Crippen LogP contribution is 2.14. The lowest BCUT2D eigenvalue weighted by Crippen LogP contribution is -2.51. The van der Waals surface area contributed by atoms with Crippen LogP contribution in [-0.4, -0.2) is 41.0 Å². The van der Waals surface area contributed by atoms with Crippen molar-refractivity contribution in [2.24, 2.45) is 5.92 Å². The molecule has 0 aromatic heterocycles. The van der Waals surface area contributed by atoms with Crippen molar-refractivity contribution in [1.82, 2.24) is 10.6 Å².